The zero-order valence-electron chi connectivity index (χ0n) is 14.8. The Bertz CT molecular complexity index is 491. The van der Waals surface area contributed by atoms with Crippen molar-refractivity contribution >= 4 is 5.78 Å². The quantitative estimate of drug-likeness (QED) is 0.794. The van der Waals surface area contributed by atoms with Crippen molar-refractivity contribution in [3.63, 3.8) is 0 Å². The summed E-state index contributed by atoms with van der Waals surface area (Å²) in [6, 6.07) is 11.3. The van der Waals surface area contributed by atoms with Crippen LogP contribution < -0.4 is 5.32 Å². The summed E-state index contributed by atoms with van der Waals surface area (Å²) in [6.07, 6.45) is 5.55. The highest BCUT2D eigenvalue weighted by Gasteiger charge is 2.19. The van der Waals surface area contributed by atoms with Gasteiger partial charge < -0.3 is 5.32 Å². The van der Waals surface area contributed by atoms with Gasteiger partial charge in [-0.1, -0.05) is 30.3 Å². The van der Waals surface area contributed by atoms with E-state index in [1.165, 1.54) is 18.4 Å². The minimum absolute atomic E-state index is 0.421. The summed E-state index contributed by atoms with van der Waals surface area (Å²) in [5.41, 5.74) is 1.38. The highest BCUT2D eigenvalue weighted by molar-refractivity contribution is 5.80. The molecule has 0 amide bonds. The van der Waals surface area contributed by atoms with Crippen molar-refractivity contribution in [1.29, 1.82) is 0 Å². The summed E-state index contributed by atoms with van der Waals surface area (Å²) in [5, 5.41) is 3.51. The smallest absolute Gasteiger partial charge is 0.146 e. The molecular weight excluding hydrogens is 298 g/mol. The molecule has 0 saturated carbocycles. The third kappa shape index (κ3) is 5.69. The second-order valence-corrected chi connectivity index (χ2v) is 7.26. The summed E-state index contributed by atoms with van der Waals surface area (Å²) >= 11 is 0. The fraction of sp³-hybridized carbons (Fsp3) is 0.650. The largest absolute Gasteiger partial charge is 0.314 e. The van der Waals surface area contributed by atoms with E-state index in [1.54, 1.807) is 0 Å². The van der Waals surface area contributed by atoms with Crippen LogP contribution in [0.5, 0.6) is 0 Å². The molecule has 3 rings (SSSR count). The molecule has 2 fully saturated rings. The molecular formula is C20H31N3O. The van der Waals surface area contributed by atoms with Crippen LogP contribution in [0.4, 0.5) is 0 Å². The molecule has 4 nitrogen and oxygen atoms in total. The van der Waals surface area contributed by atoms with Gasteiger partial charge in [0.15, 0.2) is 0 Å². The number of benzene rings is 1. The first-order chi connectivity index (χ1) is 11.8. The fourth-order valence-electron chi connectivity index (χ4n) is 3.82. The van der Waals surface area contributed by atoms with Gasteiger partial charge in [-0.3, -0.25) is 14.6 Å². The van der Waals surface area contributed by atoms with E-state index in [0.29, 0.717) is 18.4 Å². The number of carbonyl (C=O) groups is 1. The molecule has 132 valence electrons. The Morgan fingerprint density at radius 3 is 2.54 bits per heavy atom. The van der Waals surface area contributed by atoms with Crippen molar-refractivity contribution in [2.45, 2.75) is 44.7 Å². The molecule has 2 aliphatic rings. The minimum atomic E-state index is 0.421. The molecule has 1 N–H and O–H groups in total. The molecule has 2 aliphatic heterocycles. The van der Waals surface area contributed by atoms with Crippen LogP contribution in [0.15, 0.2) is 30.3 Å². The number of ketones is 1. The first-order valence-corrected chi connectivity index (χ1v) is 9.53. The standard InChI is InChI=1S/C20H31N3O/c24-20(10-4-8-19-9-5-11-21-19)17-23-14-12-22(13-15-23)16-18-6-2-1-3-7-18/h1-3,6-7,19,21H,4-5,8-17H2. The summed E-state index contributed by atoms with van der Waals surface area (Å²) in [5.74, 6) is 0.421. The van der Waals surface area contributed by atoms with Gasteiger partial charge >= 0.3 is 0 Å². The maximum absolute atomic E-state index is 12.2. The molecule has 2 saturated heterocycles. The Hall–Kier alpha value is -1.23. The van der Waals surface area contributed by atoms with E-state index in [4.69, 9.17) is 0 Å². The van der Waals surface area contributed by atoms with Crippen LogP contribution in [0.3, 0.4) is 0 Å². The van der Waals surface area contributed by atoms with Crippen molar-refractivity contribution in [2.24, 2.45) is 0 Å². The second-order valence-electron chi connectivity index (χ2n) is 7.26. The summed E-state index contributed by atoms with van der Waals surface area (Å²) in [4.78, 5) is 17.0. The highest BCUT2D eigenvalue weighted by Crippen LogP contribution is 2.13. The van der Waals surface area contributed by atoms with Crippen molar-refractivity contribution < 1.29 is 4.79 Å². The molecule has 24 heavy (non-hydrogen) atoms. The average Bonchev–Trinajstić information content (AvgIpc) is 3.11. The van der Waals surface area contributed by atoms with Crippen LogP contribution in [-0.4, -0.2) is 60.9 Å². The number of piperazine rings is 1. The van der Waals surface area contributed by atoms with Gasteiger partial charge in [-0.05, 0) is 37.8 Å². The van der Waals surface area contributed by atoms with E-state index in [2.05, 4.69) is 45.4 Å². The lowest BCUT2D eigenvalue weighted by molar-refractivity contribution is -0.120. The predicted molar refractivity (Wildman–Crippen MR) is 98.0 cm³/mol. The SMILES string of the molecule is O=C(CCCC1CCCN1)CN1CCN(Cc2ccccc2)CC1. The zero-order valence-corrected chi connectivity index (χ0v) is 14.8. The first kappa shape index (κ1) is 17.6. The maximum atomic E-state index is 12.2. The Kier molecular flexibility index (Phi) is 6.82. The number of hydrogen-bond acceptors (Lipinski definition) is 4. The van der Waals surface area contributed by atoms with Gasteiger partial charge in [0.25, 0.3) is 0 Å². The van der Waals surface area contributed by atoms with Crippen LogP contribution in [0.1, 0.15) is 37.7 Å². The molecule has 0 radical (unpaired) electrons. The molecule has 2 heterocycles. The van der Waals surface area contributed by atoms with Crippen molar-refractivity contribution in [1.82, 2.24) is 15.1 Å². The van der Waals surface area contributed by atoms with Crippen LogP contribution in [0.25, 0.3) is 0 Å². The van der Waals surface area contributed by atoms with Gasteiger partial charge in [-0.25, -0.2) is 0 Å². The van der Waals surface area contributed by atoms with Crippen LogP contribution >= 0.6 is 0 Å². The Morgan fingerprint density at radius 1 is 1.08 bits per heavy atom. The Balaban J connectivity index is 1.29. The minimum Gasteiger partial charge on any atom is -0.314 e. The number of nitrogens with one attached hydrogen (secondary N) is 1. The Morgan fingerprint density at radius 2 is 1.83 bits per heavy atom. The molecule has 0 bridgehead atoms. The normalized spacial score (nSPS) is 22.8. The molecule has 1 aromatic rings. The average molecular weight is 329 g/mol. The molecule has 0 aromatic heterocycles. The van der Waals surface area contributed by atoms with E-state index in [1.807, 2.05) is 0 Å². The van der Waals surface area contributed by atoms with Gasteiger partial charge in [0.1, 0.15) is 5.78 Å². The van der Waals surface area contributed by atoms with E-state index in [9.17, 15) is 4.79 Å². The maximum Gasteiger partial charge on any atom is 0.146 e. The van der Waals surface area contributed by atoms with Crippen molar-refractivity contribution in [3.8, 4) is 0 Å². The summed E-state index contributed by atoms with van der Waals surface area (Å²) in [6.45, 7) is 6.99. The lowest BCUT2D eigenvalue weighted by Crippen LogP contribution is -2.47. The van der Waals surface area contributed by atoms with Gasteiger partial charge in [0, 0.05) is 45.2 Å². The number of rotatable bonds is 8. The fourth-order valence-corrected chi connectivity index (χ4v) is 3.82. The molecule has 0 aliphatic carbocycles. The van der Waals surface area contributed by atoms with Crippen LogP contribution in [0, 0.1) is 0 Å². The van der Waals surface area contributed by atoms with E-state index < -0.39 is 0 Å². The zero-order chi connectivity index (χ0) is 16.6. The highest BCUT2D eigenvalue weighted by atomic mass is 16.1. The molecule has 4 heteroatoms. The van der Waals surface area contributed by atoms with Gasteiger partial charge in [0.05, 0.1) is 6.54 Å². The van der Waals surface area contributed by atoms with Crippen molar-refractivity contribution in [2.75, 3.05) is 39.3 Å². The summed E-state index contributed by atoms with van der Waals surface area (Å²) < 4.78 is 0. The molecule has 1 unspecified atom stereocenters. The number of hydrogen-bond donors (Lipinski definition) is 1. The van der Waals surface area contributed by atoms with E-state index in [-0.39, 0.29) is 0 Å². The van der Waals surface area contributed by atoms with Gasteiger partial charge in [-0.2, -0.15) is 0 Å². The third-order valence-corrected chi connectivity index (χ3v) is 5.28. The predicted octanol–water partition coefficient (Wildman–Crippen LogP) is 2.30. The van der Waals surface area contributed by atoms with Crippen LogP contribution in [0.2, 0.25) is 0 Å². The lowest BCUT2D eigenvalue weighted by Gasteiger charge is -2.34. The van der Waals surface area contributed by atoms with Gasteiger partial charge in [-0.15, -0.1) is 0 Å². The van der Waals surface area contributed by atoms with E-state index >= 15 is 0 Å². The van der Waals surface area contributed by atoms with Crippen LogP contribution in [-0.2, 0) is 11.3 Å². The number of nitrogens with zero attached hydrogens (tertiary/aromatic N) is 2. The monoisotopic (exact) mass is 329 g/mol. The molecule has 0 spiro atoms. The molecule has 1 aromatic carbocycles. The summed E-state index contributed by atoms with van der Waals surface area (Å²) in [7, 11) is 0. The van der Waals surface area contributed by atoms with Crippen molar-refractivity contribution in [3.05, 3.63) is 35.9 Å². The lowest BCUT2D eigenvalue weighted by atomic mass is 10.1. The number of Topliss-reactive ketones (excluding diaryl/α,β-unsaturated/α-hetero) is 1. The first-order valence-electron chi connectivity index (χ1n) is 9.53. The van der Waals surface area contributed by atoms with Gasteiger partial charge in [0.2, 0.25) is 0 Å². The second kappa shape index (κ2) is 9.30. The van der Waals surface area contributed by atoms with E-state index in [0.717, 1.165) is 58.5 Å². The number of carbonyl (C=O) groups excluding carboxylic acids is 1. The third-order valence-electron chi connectivity index (χ3n) is 5.28. The topological polar surface area (TPSA) is 35.6 Å². The Labute approximate surface area is 146 Å². The molecule has 1 atom stereocenters.